The maximum atomic E-state index is 12.6. The minimum absolute atomic E-state index is 0.0522. The number of phosphoric ester groups is 2. The number of aliphatic hydroxyl groups excluding tert-OH is 1. The maximum absolute atomic E-state index is 12.6. The van der Waals surface area contributed by atoms with Gasteiger partial charge in [-0.05, 0) is 50.9 Å². The monoisotopic (exact) mass is 852 g/mol. The molecule has 1 saturated heterocycles. The Morgan fingerprint density at radius 3 is 1.89 bits per heavy atom. The number of carbonyl (C=O) groups excluding carboxylic acids is 2. The van der Waals surface area contributed by atoms with Crippen molar-refractivity contribution < 1.29 is 66.3 Å². The number of esters is 2. The van der Waals surface area contributed by atoms with Crippen molar-refractivity contribution in [3.8, 4) is 0 Å². The van der Waals surface area contributed by atoms with E-state index in [1.165, 1.54) is 57.8 Å². The van der Waals surface area contributed by atoms with Gasteiger partial charge in [0.05, 0.1) is 32.0 Å². The molecule has 0 aromatic heterocycles. The third-order valence-electron chi connectivity index (χ3n) is 9.12. The highest BCUT2D eigenvalue weighted by molar-refractivity contribution is 7.47. The summed E-state index contributed by atoms with van der Waals surface area (Å²) in [6.07, 6.45) is 30.5. The first-order chi connectivity index (χ1) is 27.2. The molecule has 3 unspecified atom stereocenters. The summed E-state index contributed by atoms with van der Waals surface area (Å²) >= 11 is 0. The zero-order chi connectivity index (χ0) is 42.2. The Bertz CT molecular complexity index is 1230. The van der Waals surface area contributed by atoms with E-state index in [0.29, 0.717) is 31.5 Å². The van der Waals surface area contributed by atoms with Crippen molar-refractivity contribution in [2.24, 2.45) is 5.92 Å². The van der Waals surface area contributed by atoms with E-state index in [4.69, 9.17) is 28.5 Å². The number of hydrogen-bond acceptors (Lipinski definition) is 11. The van der Waals surface area contributed by atoms with Gasteiger partial charge < -0.3 is 34.0 Å². The van der Waals surface area contributed by atoms with E-state index in [1.54, 1.807) is 0 Å². The van der Waals surface area contributed by atoms with Crippen LogP contribution in [-0.2, 0) is 46.5 Å². The highest BCUT2D eigenvalue weighted by atomic mass is 31.2. The molecule has 1 aliphatic rings. The molecular formula is C41H74O14P2. The first-order valence-electron chi connectivity index (χ1n) is 21.2. The second-order valence-corrected chi connectivity index (χ2v) is 17.8. The lowest BCUT2D eigenvalue weighted by Crippen LogP contribution is -2.29. The maximum Gasteiger partial charge on any atom is 0.472 e. The second kappa shape index (κ2) is 33.1. The molecule has 0 aliphatic carbocycles. The van der Waals surface area contributed by atoms with Crippen LogP contribution < -0.4 is 0 Å². The number of epoxide rings is 1. The molecule has 5 atom stereocenters. The molecular weight excluding hydrogens is 778 g/mol. The van der Waals surface area contributed by atoms with Crippen molar-refractivity contribution in [2.45, 2.75) is 180 Å². The summed E-state index contributed by atoms with van der Waals surface area (Å²) in [5, 5.41) is 9.73. The molecule has 1 fully saturated rings. The molecule has 0 aromatic carbocycles. The minimum atomic E-state index is -4.87. The summed E-state index contributed by atoms with van der Waals surface area (Å²) in [6, 6.07) is 0. The van der Waals surface area contributed by atoms with Gasteiger partial charge in [0.1, 0.15) is 12.7 Å². The summed E-state index contributed by atoms with van der Waals surface area (Å²) in [5.74, 6) is -0.347. The van der Waals surface area contributed by atoms with Crippen molar-refractivity contribution in [2.75, 3.05) is 26.4 Å². The fraction of sp³-hybridized carbons (Fsp3) is 0.805. The SMILES string of the molecule is CCCCCC1OC1C/C=C\C/C=C\C/C=C\CCCC(=O)O[C@H](COC(=O)CCCCCCCCCCCC(C)C)COP(=O)(O)OC[C@@H](O)COP(=O)(O)O. The molecule has 0 radical (unpaired) electrons. The van der Waals surface area contributed by atoms with Crippen LogP contribution in [0.3, 0.4) is 0 Å². The predicted molar refractivity (Wildman–Crippen MR) is 220 cm³/mol. The van der Waals surface area contributed by atoms with E-state index in [-0.39, 0.29) is 12.8 Å². The summed E-state index contributed by atoms with van der Waals surface area (Å²) in [5.41, 5.74) is 0. The molecule has 57 heavy (non-hydrogen) atoms. The van der Waals surface area contributed by atoms with Gasteiger partial charge in [-0.15, -0.1) is 0 Å². The van der Waals surface area contributed by atoms with E-state index < -0.39 is 66.2 Å². The zero-order valence-electron chi connectivity index (χ0n) is 34.8. The predicted octanol–water partition coefficient (Wildman–Crippen LogP) is 9.35. The quantitative estimate of drug-likeness (QED) is 0.0150. The largest absolute Gasteiger partial charge is 0.472 e. The Morgan fingerprint density at radius 1 is 0.667 bits per heavy atom. The molecule has 0 amide bonds. The Kier molecular flexibility index (Phi) is 30.9. The molecule has 0 bridgehead atoms. The Morgan fingerprint density at radius 2 is 1.25 bits per heavy atom. The number of ether oxygens (including phenoxy) is 3. The number of rotatable bonds is 38. The van der Waals surface area contributed by atoms with Gasteiger partial charge in [0.2, 0.25) is 0 Å². The van der Waals surface area contributed by atoms with Crippen LogP contribution in [0.4, 0.5) is 0 Å². The molecule has 0 aromatic rings. The van der Waals surface area contributed by atoms with E-state index >= 15 is 0 Å². The molecule has 14 nitrogen and oxygen atoms in total. The Labute approximate surface area is 342 Å². The van der Waals surface area contributed by atoms with Crippen LogP contribution in [0.1, 0.15) is 156 Å². The summed E-state index contributed by atoms with van der Waals surface area (Å²) in [6.45, 7) is 3.93. The molecule has 0 saturated carbocycles. The molecule has 1 heterocycles. The van der Waals surface area contributed by atoms with Crippen LogP contribution >= 0.6 is 15.6 Å². The fourth-order valence-corrected chi connectivity index (χ4v) is 6.95. The van der Waals surface area contributed by atoms with Gasteiger partial charge in [0.15, 0.2) is 6.10 Å². The standard InChI is InChI=1S/C41H74O14P2/c1-4-5-21-27-38-39(55-38)28-23-18-14-10-6-7-11-16-20-25-30-41(44)54-37(34-53-57(48,49)52-32-36(42)31-51-56(45,46)47)33-50-40(43)29-24-19-15-12-8-9-13-17-22-26-35(2)3/h6,10-11,16,18,23,35-39,42H,4-5,7-9,12-15,17,19-22,24-34H2,1-3H3,(H,48,49)(H2,45,46,47)/b10-6-,16-11-,23-18-/t36-,37+,38?,39?/m0/s1. The number of hydrogen-bond donors (Lipinski definition) is 4. The van der Waals surface area contributed by atoms with Crippen molar-refractivity contribution >= 4 is 27.6 Å². The number of aliphatic hydroxyl groups is 1. The van der Waals surface area contributed by atoms with Crippen LogP contribution in [0.2, 0.25) is 0 Å². The lowest BCUT2D eigenvalue weighted by atomic mass is 10.0. The van der Waals surface area contributed by atoms with Crippen LogP contribution in [-0.4, -0.2) is 82.6 Å². The molecule has 0 spiro atoms. The normalized spacial score (nSPS) is 18.1. The van der Waals surface area contributed by atoms with Crippen molar-refractivity contribution in [3.05, 3.63) is 36.5 Å². The van der Waals surface area contributed by atoms with Crippen LogP contribution in [0.25, 0.3) is 0 Å². The molecule has 1 rings (SSSR count). The Balaban J connectivity index is 2.41. The number of phosphoric acid groups is 2. The number of unbranched alkanes of at least 4 members (excludes halogenated alkanes) is 11. The van der Waals surface area contributed by atoms with Gasteiger partial charge >= 0.3 is 27.6 Å². The van der Waals surface area contributed by atoms with Gasteiger partial charge in [-0.3, -0.25) is 23.2 Å². The average Bonchev–Trinajstić information content (AvgIpc) is 3.91. The summed E-state index contributed by atoms with van der Waals surface area (Å²) < 4.78 is 53.4. The van der Waals surface area contributed by atoms with E-state index in [2.05, 4.69) is 54.1 Å². The van der Waals surface area contributed by atoms with Gasteiger partial charge in [-0.25, -0.2) is 9.13 Å². The van der Waals surface area contributed by atoms with E-state index in [0.717, 1.165) is 50.9 Å². The highest BCUT2D eigenvalue weighted by Crippen LogP contribution is 2.44. The zero-order valence-corrected chi connectivity index (χ0v) is 36.6. The van der Waals surface area contributed by atoms with Gasteiger partial charge in [-0.2, -0.15) is 0 Å². The van der Waals surface area contributed by atoms with Crippen molar-refractivity contribution in [1.82, 2.24) is 0 Å². The average molecular weight is 853 g/mol. The van der Waals surface area contributed by atoms with Gasteiger partial charge in [-0.1, -0.05) is 134 Å². The van der Waals surface area contributed by atoms with Crippen molar-refractivity contribution in [1.29, 1.82) is 0 Å². The summed E-state index contributed by atoms with van der Waals surface area (Å²) in [7, 11) is -9.69. The Hall–Kier alpha value is -1.70. The van der Waals surface area contributed by atoms with Crippen LogP contribution in [0.5, 0.6) is 0 Å². The third kappa shape index (κ3) is 34.8. The van der Waals surface area contributed by atoms with Crippen molar-refractivity contribution in [3.63, 3.8) is 0 Å². The smallest absolute Gasteiger partial charge is 0.462 e. The molecule has 1 aliphatic heterocycles. The topological polar surface area (TPSA) is 208 Å². The first kappa shape index (κ1) is 53.3. The molecule has 4 N–H and O–H groups in total. The fourth-order valence-electron chi connectivity index (χ4n) is 5.79. The van der Waals surface area contributed by atoms with Gasteiger partial charge in [0.25, 0.3) is 0 Å². The number of carbonyl (C=O) groups is 2. The highest BCUT2D eigenvalue weighted by Gasteiger charge is 2.36. The van der Waals surface area contributed by atoms with Crippen LogP contribution in [0, 0.1) is 5.92 Å². The first-order valence-corrected chi connectivity index (χ1v) is 24.2. The van der Waals surface area contributed by atoms with E-state index in [9.17, 15) is 28.7 Å². The lowest BCUT2D eigenvalue weighted by molar-refractivity contribution is -0.161. The summed E-state index contributed by atoms with van der Waals surface area (Å²) in [4.78, 5) is 52.6. The third-order valence-corrected chi connectivity index (χ3v) is 10.6. The number of allylic oxidation sites excluding steroid dienone is 5. The lowest BCUT2D eigenvalue weighted by Gasteiger charge is -2.20. The van der Waals surface area contributed by atoms with Crippen LogP contribution in [0.15, 0.2) is 36.5 Å². The van der Waals surface area contributed by atoms with Gasteiger partial charge in [0, 0.05) is 12.8 Å². The molecule has 16 heteroatoms. The molecule has 332 valence electrons. The van der Waals surface area contributed by atoms with E-state index in [1.807, 2.05) is 12.2 Å². The second-order valence-electron chi connectivity index (χ2n) is 15.1. The minimum Gasteiger partial charge on any atom is -0.462 e.